The molecule has 0 saturated carbocycles. The molecule has 7 heteroatoms. The van der Waals surface area contributed by atoms with Crippen molar-refractivity contribution < 1.29 is 23.7 Å². The lowest BCUT2D eigenvalue weighted by atomic mass is 9.87. The number of hydrogen-bond acceptors (Lipinski definition) is 6. The van der Waals surface area contributed by atoms with Gasteiger partial charge in [-0.3, -0.25) is 4.79 Å². The molecule has 0 fully saturated rings. The van der Waals surface area contributed by atoms with Gasteiger partial charge in [0.25, 0.3) is 5.91 Å². The van der Waals surface area contributed by atoms with Crippen molar-refractivity contribution in [2.45, 2.75) is 12.5 Å². The maximum Gasteiger partial charge on any atom is 0.264 e. The van der Waals surface area contributed by atoms with E-state index >= 15 is 0 Å². The van der Waals surface area contributed by atoms with E-state index in [0.29, 0.717) is 36.1 Å². The number of carbonyl (C=O) groups is 1. The van der Waals surface area contributed by atoms with Gasteiger partial charge in [-0.15, -0.1) is 11.3 Å². The second-order valence-corrected chi connectivity index (χ2v) is 10.1. The highest BCUT2D eigenvalue weighted by Gasteiger charge is 2.34. The topological polar surface area (TPSA) is 57.2 Å². The molecule has 0 bridgehead atoms. The molecule has 1 atom stereocenters. The molecule has 3 heterocycles. The van der Waals surface area contributed by atoms with Crippen LogP contribution < -0.4 is 18.9 Å². The van der Waals surface area contributed by atoms with E-state index in [-0.39, 0.29) is 11.9 Å². The molecule has 1 amide bonds. The van der Waals surface area contributed by atoms with Gasteiger partial charge in [-0.25, -0.2) is 0 Å². The predicted molar refractivity (Wildman–Crippen MR) is 143 cm³/mol. The summed E-state index contributed by atoms with van der Waals surface area (Å²) in [6.07, 6.45) is 0.741. The number of nitrogens with zero attached hydrogens (tertiary/aromatic N) is 1. The summed E-state index contributed by atoms with van der Waals surface area (Å²) in [5.41, 5.74) is 4.30. The lowest BCUT2D eigenvalue weighted by molar-refractivity contribution is 0.0699. The third-order valence-corrected chi connectivity index (χ3v) is 8.02. The first kappa shape index (κ1) is 23.4. The van der Waals surface area contributed by atoms with Gasteiger partial charge in [0.15, 0.2) is 23.0 Å². The van der Waals surface area contributed by atoms with Crippen molar-refractivity contribution in [3.8, 4) is 33.4 Å². The van der Waals surface area contributed by atoms with Gasteiger partial charge in [-0.1, -0.05) is 30.3 Å². The van der Waals surface area contributed by atoms with Crippen molar-refractivity contribution in [2.75, 3.05) is 34.0 Å². The number of ether oxygens (including phenoxy) is 4. The molecule has 3 aromatic carbocycles. The second kappa shape index (κ2) is 9.82. The summed E-state index contributed by atoms with van der Waals surface area (Å²) in [4.78, 5) is 17.7. The van der Waals surface area contributed by atoms with Crippen LogP contribution in [-0.4, -0.2) is 44.8 Å². The molecule has 0 unspecified atom stereocenters. The van der Waals surface area contributed by atoms with Crippen molar-refractivity contribution in [1.29, 1.82) is 0 Å². The molecule has 6 rings (SSSR count). The van der Waals surface area contributed by atoms with E-state index in [2.05, 4.69) is 12.1 Å². The van der Waals surface area contributed by atoms with Gasteiger partial charge < -0.3 is 23.8 Å². The summed E-state index contributed by atoms with van der Waals surface area (Å²) in [6, 6.07) is 23.8. The number of rotatable bonds is 5. The van der Waals surface area contributed by atoms with Crippen molar-refractivity contribution in [1.82, 2.24) is 4.90 Å². The number of benzene rings is 3. The third kappa shape index (κ3) is 4.29. The SMILES string of the molecule is COc1cc2c(cc1OC)[C@@H](c1ccccc1)N(C(=O)c1ccc(-c3ccc4c(c3)OCCO4)s1)CC2. The molecule has 0 spiro atoms. The number of thiophene rings is 1. The van der Waals surface area contributed by atoms with Crippen LogP contribution in [0.3, 0.4) is 0 Å². The lowest BCUT2D eigenvalue weighted by Crippen LogP contribution is -2.40. The summed E-state index contributed by atoms with van der Waals surface area (Å²) in [7, 11) is 3.28. The van der Waals surface area contributed by atoms with Crippen LogP contribution in [0.25, 0.3) is 10.4 Å². The molecule has 188 valence electrons. The lowest BCUT2D eigenvalue weighted by Gasteiger charge is -2.38. The average molecular weight is 514 g/mol. The van der Waals surface area contributed by atoms with E-state index in [9.17, 15) is 4.79 Å². The highest BCUT2D eigenvalue weighted by atomic mass is 32.1. The predicted octanol–water partition coefficient (Wildman–Crippen LogP) is 5.99. The van der Waals surface area contributed by atoms with Gasteiger partial charge in [-0.2, -0.15) is 0 Å². The standard InChI is InChI=1S/C30H27NO5S/c1-33-24-16-20-12-13-31(29(19-6-4-3-5-7-19)22(20)18-25(24)34-2)30(32)28-11-10-27(37-28)21-8-9-23-26(17-21)36-15-14-35-23/h3-11,16-18,29H,12-15H2,1-2H3/t29-/m1/s1. The number of fused-ring (bicyclic) bond motifs is 2. The highest BCUT2D eigenvalue weighted by molar-refractivity contribution is 7.17. The molecule has 0 saturated heterocycles. The maximum atomic E-state index is 14.0. The van der Waals surface area contributed by atoms with E-state index in [4.69, 9.17) is 18.9 Å². The molecule has 6 nitrogen and oxygen atoms in total. The first-order chi connectivity index (χ1) is 18.2. The normalized spacial score (nSPS) is 16.2. The molecule has 0 N–H and O–H groups in total. The minimum Gasteiger partial charge on any atom is -0.493 e. The largest absolute Gasteiger partial charge is 0.493 e. The highest BCUT2D eigenvalue weighted by Crippen LogP contribution is 2.43. The van der Waals surface area contributed by atoms with Crippen LogP contribution >= 0.6 is 11.3 Å². The Morgan fingerprint density at radius 2 is 1.65 bits per heavy atom. The van der Waals surface area contributed by atoms with Crippen LogP contribution in [-0.2, 0) is 6.42 Å². The van der Waals surface area contributed by atoms with Gasteiger partial charge in [0, 0.05) is 11.4 Å². The molecule has 0 aliphatic carbocycles. The molecule has 2 aliphatic rings. The van der Waals surface area contributed by atoms with Crippen LogP contribution in [0.2, 0.25) is 0 Å². The van der Waals surface area contributed by atoms with Gasteiger partial charge in [0.05, 0.1) is 25.1 Å². The maximum absolute atomic E-state index is 14.0. The smallest absolute Gasteiger partial charge is 0.264 e. The Kier molecular flexibility index (Phi) is 6.22. The Labute approximate surface area is 220 Å². The summed E-state index contributed by atoms with van der Waals surface area (Å²) in [5, 5.41) is 0. The van der Waals surface area contributed by atoms with Crippen LogP contribution in [0.4, 0.5) is 0 Å². The minimum absolute atomic E-state index is 0.0167. The molecule has 1 aromatic heterocycles. The first-order valence-electron chi connectivity index (χ1n) is 12.3. The fourth-order valence-electron chi connectivity index (χ4n) is 5.11. The number of methoxy groups -OCH3 is 2. The zero-order valence-electron chi connectivity index (χ0n) is 20.7. The molecule has 37 heavy (non-hydrogen) atoms. The summed E-state index contributed by atoms with van der Waals surface area (Å²) in [5.74, 6) is 2.88. The quantitative estimate of drug-likeness (QED) is 0.328. The van der Waals surface area contributed by atoms with Crippen LogP contribution in [0.15, 0.2) is 72.8 Å². The Hall–Kier alpha value is -3.97. The van der Waals surface area contributed by atoms with Crippen molar-refractivity contribution in [2.24, 2.45) is 0 Å². The first-order valence-corrected chi connectivity index (χ1v) is 13.1. The van der Waals surface area contributed by atoms with Crippen molar-refractivity contribution in [3.05, 3.63) is 94.4 Å². The van der Waals surface area contributed by atoms with Gasteiger partial charge in [0.1, 0.15) is 13.2 Å². The van der Waals surface area contributed by atoms with E-state index in [1.165, 1.54) is 16.9 Å². The molecule has 0 radical (unpaired) electrons. The minimum atomic E-state index is -0.225. The summed E-state index contributed by atoms with van der Waals surface area (Å²) in [6.45, 7) is 1.71. The Bertz CT molecular complexity index is 1450. The van der Waals surface area contributed by atoms with E-state index in [1.807, 2.05) is 65.6 Å². The van der Waals surface area contributed by atoms with Crippen molar-refractivity contribution in [3.63, 3.8) is 0 Å². The molecular weight excluding hydrogens is 486 g/mol. The van der Waals surface area contributed by atoms with Crippen LogP contribution in [0, 0.1) is 0 Å². The fourth-order valence-corrected chi connectivity index (χ4v) is 6.06. The number of hydrogen-bond donors (Lipinski definition) is 0. The zero-order chi connectivity index (χ0) is 25.4. The molecule has 2 aliphatic heterocycles. The Morgan fingerprint density at radius 3 is 2.43 bits per heavy atom. The summed E-state index contributed by atoms with van der Waals surface area (Å²) >= 11 is 1.50. The number of carbonyl (C=O) groups excluding carboxylic acids is 1. The van der Waals surface area contributed by atoms with Gasteiger partial charge >= 0.3 is 0 Å². The monoisotopic (exact) mass is 513 g/mol. The average Bonchev–Trinajstić information content (AvgIpc) is 3.46. The Balaban J connectivity index is 1.36. The fraction of sp³-hybridized carbons (Fsp3) is 0.233. The van der Waals surface area contributed by atoms with Crippen LogP contribution in [0.5, 0.6) is 23.0 Å². The third-order valence-electron chi connectivity index (χ3n) is 6.89. The van der Waals surface area contributed by atoms with Gasteiger partial charge in [-0.05, 0) is 71.1 Å². The van der Waals surface area contributed by atoms with E-state index in [1.54, 1.807) is 14.2 Å². The number of amides is 1. The van der Waals surface area contributed by atoms with E-state index in [0.717, 1.165) is 39.5 Å². The zero-order valence-corrected chi connectivity index (χ0v) is 21.5. The second-order valence-electron chi connectivity index (χ2n) is 8.99. The van der Waals surface area contributed by atoms with Gasteiger partial charge in [0.2, 0.25) is 0 Å². The Morgan fingerprint density at radius 1 is 0.892 bits per heavy atom. The van der Waals surface area contributed by atoms with Crippen LogP contribution in [0.1, 0.15) is 32.4 Å². The van der Waals surface area contributed by atoms with E-state index < -0.39 is 0 Å². The molecule has 4 aromatic rings. The molecular formula is C30H27NO5S. The van der Waals surface area contributed by atoms with Crippen molar-refractivity contribution >= 4 is 17.2 Å². The summed E-state index contributed by atoms with van der Waals surface area (Å²) < 4.78 is 22.6.